The number of hydrogen-bond acceptors (Lipinski definition) is 2. The molecule has 0 unspecified atom stereocenters. The van der Waals surface area contributed by atoms with Crippen molar-refractivity contribution < 1.29 is 4.39 Å². The van der Waals surface area contributed by atoms with E-state index in [1.807, 2.05) is 19.1 Å². The van der Waals surface area contributed by atoms with Gasteiger partial charge in [-0.15, -0.1) is 0 Å². The van der Waals surface area contributed by atoms with Crippen molar-refractivity contribution in [3.63, 3.8) is 0 Å². The number of benzene rings is 3. The van der Waals surface area contributed by atoms with E-state index < -0.39 is 5.69 Å². The van der Waals surface area contributed by atoms with Crippen molar-refractivity contribution in [2.75, 3.05) is 0 Å². The summed E-state index contributed by atoms with van der Waals surface area (Å²) in [5, 5.41) is 0.411. The molecule has 4 rings (SSSR count). The third-order valence-electron chi connectivity index (χ3n) is 4.63. The van der Waals surface area contributed by atoms with Crippen molar-refractivity contribution in [3.05, 3.63) is 111 Å². The normalized spacial score (nSPS) is 11.0. The van der Waals surface area contributed by atoms with Crippen LogP contribution >= 0.6 is 0 Å². The first-order chi connectivity index (χ1) is 13.1. The van der Waals surface area contributed by atoms with E-state index in [0.717, 1.165) is 10.1 Å². The zero-order valence-electron chi connectivity index (χ0n) is 14.7. The standard InChI is InChI=1S/C22H17FN2O2/c1-15-10-12-17(13-11-15)25-21(26)18-7-3-5-9-20(18)24(22(25)27)14-16-6-2-4-8-19(16)23/h2-13H,14H2,1H3. The molecule has 0 aliphatic rings. The van der Waals surface area contributed by atoms with Crippen LogP contribution in [0, 0.1) is 12.7 Å². The molecule has 0 saturated carbocycles. The number of aromatic nitrogens is 2. The lowest BCUT2D eigenvalue weighted by Crippen LogP contribution is -2.39. The molecular formula is C22H17FN2O2. The fourth-order valence-electron chi connectivity index (χ4n) is 3.19. The van der Waals surface area contributed by atoms with Gasteiger partial charge in [0, 0.05) is 5.56 Å². The fraction of sp³-hybridized carbons (Fsp3) is 0.0909. The van der Waals surface area contributed by atoms with Gasteiger partial charge in [0.2, 0.25) is 0 Å². The molecule has 0 bridgehead atoms. The highest BCUT2D eigenvalue weighted by molar-refractivity contribution is 5.78. The minimum absolute atomic E-state index is 0.0398. The molecule has 1 aromatic heterocycles. The lowest BCUT2D eigenvalue weighted by atomic mass is 10.2. The van der Waals surface area contributed by atoms with Gasteiger partial charge in [0.15, 0.2) is 0 Å². The third-order valence-corrected chi connectivity index (χ3v) is 4.63. The minimum Gasteiger partial charge on any atom is -0.288 e. The Hall–Kier alpha value is -3.47. The second-order valence-electron chi connectivity index (χ2n) is 6.45. The number of rotatable bonds is 3. The first-order valence-electron chi connectivity index (χ1n) is 8.61. The van der Waals surface area contributed by atoms with Gasteiger partial charge in [-0.3, -0.25) is 9.36 Å². The van der Waals surface area contributed by atoms with E-state index in [0.29, 0.717) is 22.2 Å². The highest BCUT2D eigenvalue weighted by Crippen LogP contribution is 2.14. The monoisotopic (exact) mass is 360 g/mol. The molecule has 0 aliphatic heterocycles. The van der Waals surface area contributed by atoms with Gasteiger partial charge in [-0.05, 0) is 37.3 Å². The fourth-order valence-corrected chi connectivity index (χ4v) is 3.19. The Morgan fingerprint density at radius 3 is 2.26 bits per heavy atom. The maximum atomic E-state index is 14.2. The third kappa shape index (κ3) is 2.97. The van der Waals surface area contributed by atoms with Gasteiger partial charge in [-0.25, -0.2) is 13.8 Å². The summed E-state index contributed by atoms with van der Waals surface area (Å²) in [4.78, 5) is 26.2. The molecular weight excluding hydrogens is 343 g/mol. The average Bonchev–Trinajstić information content (AvgIpc) is 2.68. The highest BCUT2D eigenvalue weighted by Gasteiger charge is 2.15. The Balaban J connectivity index is 2.03. The number of halogens is 1. The molecule has 134 valence electrons. The van der Waals surface area contributed by atoms with Crippen molar-refractivity contribution in [1.29, 1.82) is 0 Å². The van der Waals surface area contributed by atoms with Crippen molar-refractivity contribution >= 4 is 10.9 Å². The molecule has 0 radical (unpaired) electrons. The molecule has 0 aliphatic carbocycles. The number of para-hydroxylation sites is 1. The molecule has 0 amide bonds. The smallest absolute Gasteiger partial charge is 0.288 e. The van der Waals surface area contributed by atoms with Gasteiger partial charge in [0.1, 0.15) is 5.82 Å². The van der Waals surface area contributed by atoms with Crippen LogP contribution in [0.25, 0.3) is 16.6 Å². The summed E-state index contributed by atoms with van der Waals surface area (Å²) in [6, 6.07) is 20.4. The van der Waals surface area contributed by atoms with Gasteiger partial charge in [-0.1, -0.05) is 48.0 Å². The van der Waals surface area contributed by atoms with Gasteiger partial charge in [-0.2, -0.15) is 0 Å². The summed E-state index contributed by atoms with van der Waals surface area (Å²) >= 11 is 0. The molecule has 0 saturated heterocycles. The molecule has 1 heterocycles. The van der Waals surface area contributed by atoms with Gasteiger partial charge >= 0.3 is 5.69 Å². The topological polar surface area (TPSA) is 44.0 Å². The Kier molecular flexibility index (Phi) is 4.20. The summed E-state index contributed by atoms with van der Waals surface area (Å²) in [6.07, 6.45) is 0. The van der Waals surface area contributed by atoms with Crippen LogP contribution in [0.15, 0.2) is 82.4 Å². The van der Waals surface area contributed by atoms with Crippen LogP contribution in [-0.4, -0.2) is 9.13 Å². The Morgan fingerprint density at radius 2 is 1.52 bits per heavy atom. The van der Waals surface area contributed by atoms with Crippen LogP contribution in [0.2, 0.25) is 0 Å². The maximum absolute atomic E-state index is 14.2. The van der Waals surface area contributed by atoms with Crippen LogP contribution in [0.1, 0.15) is 11.1 Å². The van der Waals surface area contributed by atoms with E-state index in [2.05, 4.69) is 0 Å². The predicted molar refractivity (Wildman–Crippen MR) is 104 cm³/mol. The van der Waals surface area contributed by atoms with Crippen LogP contribution in [0.4, 0.5) is 4.39 Å². The molecule has 4 aromatic rings. The number of nitrogens with zero attached hydrogens (tertiary/aromatic N) is 2. The molecule has 4 nitrogen and oxygen atoms in total. The Morgan fingerprint density at radius 1 is 0.852 bits per heavy atom. The summed E-state index contributed by atoms with van der Waals surface area (Å²) in [5.74, 6) is -0.387. The summed E-state index contributed by atoms with van der Waals surface area (Å²) in [5.41, 5.74) is 1.51. The first kappa shape index (κ1) is 17.0. The van der Waals surface area contributed by atoms with Crippen LogP contribution < -0.4 is 11.2 Å². The average molecular weight is 360 g/mol. The quantitative estimate of drug-likeness (QED) is 0.560. The molecule has 27 heavy (non-hydrogen) atoms. The van der Waals surface area contributed by atoms with Crippen molar-refractivity contribution in [1.82, 2.24) is 9.13 Å². The first-order valence-corrected chi connectivity index (χ1v) is 8.61. The van der Waals surface area contributed by atoms with E-state index in [1.165, 1.54) is 10.6 Å². The summed E-state index contributed by atoms with van der Waals surface area (Å²) in [6.45, 7) is 1.97. The molecule has 0 N–H and O–H groups in total. The molecule has 0 fully saturated rings. The van der Waals surface area contributed by atoms with Crippen molar-refractivity contribution in [2.24, 2.45) is 0 Å². The second-order valence-corrected chi connectivity index (χ2v) is 6.45. The zero-order valence-corrected chi connectivity index (χ0v) is 14.7. The molecule has 0 atom stereocenters. The van der Waals surface area contributed by atoms with Gasteiger partial charge in [0.25, 0.3) is 5.56 Å². The summed E-state index contributed by atoms with van der Waals surface area (Å²) < 4.78 is 16.8. The van der Waals surface area contributed by atoms with E-state index in [4.69, 9.17) is 0 Å². The SMILES string of the molecule is Cc1ccc(-n2c(=O)c3ccccc3n(Cc3ccccc3F)c2=O)cc1. The molecule has 0 spiro atoms. The van der Waals surface area contributed by atoms with Crippen LogP contribution in [-0.2, 0) is 6.54 Å². The molecule has 5 heteroatoms. The maximum Gasteiger partial charge on any atom is 0.336 e. The summed E-state index contributed by atoms with van der Waals surface area (Å²) in [7, 11) is 0. The Bertz CT molecular complexity index is 1250. The van der Waals surface area contributed by atoms with Crippen LogP contribution in [0.5, 0.6) is 0 Å². The molecule has 3 aromatic carbocycles. The van der Waals surface area contributed by atoms with E-state index in [1.54, 1.807) is 54.6 Å². The van der Waals surface area contributed by atoms with Gasteiger partial charge in [0.05, 0.1) is 23.1 Å². The largest absolute Gasteiger partial charge is 0.336 e. The van der Waals surface area contributed by atoms with E-state index >= 15 is 0 Å². The van der Waals surface area contributed by atoms with E-state index in [-0.39, 0.29) is 17.9 Å². The van der Waals surface area contributed by atoms with E-state index in [9.17, 15) is 14.0 Å². The lowest BCUT2D eigenvalue weighted by Gasteiger charge is -2.14. The number of aryl methyl sites for hydroxylation is 1. The minimum atomic E-state index is -0.495. The van der Waals surface area contributed by atoms with Gasteiger partial charge < -0.3 is 0 Å². The van der Waals surface area contributed by atoms with Crippen LogP contribution in [0.3, 0.4) is 0 Å². The van der Waals surface area contributed by atoms with Crippen molar-refractivity contribution in [2.45, 2.75) is 13.5 Å². The predicted octanol–water partition coefficient (Wildman–Crippen LogP) is 3.65. The van der Waals surface area contributed by atoms with Crippen molar-refractivity contribution in [3.8, 4) is 5.69 Å². The highest BCUT2D eigenvalue weighted by atomic mass is 19.1. The Labute approximate surface area is 154 Å². The zero-order chi connectivity index (χ0) is 19.0. The number of hydrogen-bond donors (Lipinski definition) is 0. The number of fused-ring (bicyclic) bond motifs is 1. The second kappa shape index (κ2) is 6.68. The lowest BCUT2D eigenvalue weighted by molar-refractivity contribution is 0.594.